The Morgan fingerprint density at radius 3 is 2.32 bits per heavy atom. The molecule has 1 N–H and O–H groups in total. The van der Waals surface area contributed by atoms with E-state index in [0.717, 1.165) is 16.9 Å². The molecule has 0 radical (unpaired) electrons. The van der Waals surface area contributed by atoms with Gasteiger partial charge in [-0.1, -0.05) is 6.07 Å². The Morgan fingerprint density at radius 1 is 1.32 bits per heavy atom. The van der Waals surface area contributed by atoms with Crippen LogP contribution in [-0.4, -0.2) is 34.8 Å². The summed E-state index contributed by atoms with van der Waals surface area (Å²) < 4.78 is 22.3. The minimum Gasteiger partial charge on any atom is -0.388 e. The van der Waals surface area contributed by atoms with Crippen LogP contribution in [0.5, 0.6) is 0 Å². The zero-order valence-electron chi connectivity index (χ0n) is 12.9. The molecule has 1 aromatic carbocycles. The molecule has 3 rings (SSSR count). The smallest absolute Gasteiger partial charge is 0.248 e. The van der Waals surface area contributed by atoms with Crippen LogP contribution in [0.15, 0.2) is 24.4 Å². The van der Waals surface area contributed by atoms with E-state index < -0.39 is 5.92 Å². The van der Waals surface area contributed by atoms with E-state index in [9.17, 15) is 8.78 Å². The Balaban J connectivity index is 0.000000289. The third-order valence-corrected chi connectivity index (χ3v) is 3.03. The van der Waals surface area contributed by atoms with Gasteiger partial charge in [0.25, 0.3) is 0 Å². The number of hydrogen-bond acceptors (Lipinski definition) is 4. The van der Waals surface area contributed by atoms with Crippen molar-refractivity contribution in [1.82, 2.24) is 15.0 Å². The van der Waals surface area contributed by atoms with Crippen LogP contribution in [0.2, 0.25) is 0 Å². The summed E-state index contributed by atoms with van der Waals surface area (Å²) >= 11 is 0. The lowest BCUT2D eigenvalue weighted by atomic mass is 10.1. The molecular formula is C15H20F2N4O. The lowest BCUT2D eigenvalue weighted by Crippen LogP contribution is -1.93. The second-order valence-corrected chi connectivity index (χ2v) is 4.85. The van der Waals surface area contributed by atoms with Crippen molar-refractivity contribution in [2.45, 2.75) is 25.7 Å². The van der Waals surface area contributed by atoms with Gasteiger partial charge in [0.1, 0.15) is 12.5 Å². The van der Waals surface area contributed by atoms with Gasteiger partial charge in [0.15, 0.2) is 0 Å². The highest BCUT2D eigenvalue weighted by Crippen LogP contribution is 2.40. The molecule has 7 heteroatoms. The van der Waals surface area contributed by atoms with Crippen molar-refractivity contribution in [3.63, 3.8) is 0 Å². The van der Waals surface area contributed by atoms with Crippen molar-refractivity contribution in [3.05, 3.63) is 30.0 Å². The number of hydrogen-bond donors (Lipinski definition) is 1. The summed E-state index contributed by atoms with van der Waals surface area (Å²) in [6, 6.07) is 6.21. The highest BCUT2D eigenvalue weighted by molar-refractivity contribution is 5.67. The molecule has 2 aromatic rings. The number of carbonyl (C=O) groups excluding carboxylic acids is 1. The van der Waals surface area contributed by atoms with Crippen molar-refractivity contribution in [1.29, 1.82) is 0 Å². The summed E-state index contributed by atoms with van der Waals surface area (Å²) in [7, 11) is 3.73. The molecular weight excluding hydrogens is 290 g/mol. The van der Waals surface area contributed by atoms with Gasteiger partial charge in [-0.05, 0) is 24.6 Å². The first-order chi connectivity index (χ1) is 10.4. The fourth-order valence-electron chi connectivity index (χ4n) is 1.62. The maximum Gasteiger partial charge on any atom is 0.248 e. The number of nitrogens with one attached hydrogen (secondary N) is 1. The fraction of sp³-hybridized carbons (Fsp3) is 0.400. The Hall–Kier alpha value is -2.31. The van der Waals surface area contributed by atoms with Crippen LogP contribution < -0.4 is 5.32 Å². The molecule has 0 spiro atoms. The van der Waals surface area contributed by atoms with Gasteiger partial charge in [0.05, 0.1) is 6.20 Å². The van der Waals surface area contributed by atoms with E-state index in [-0.39, 0.29) is 12.8 Å². The van der Waals surface area contributed by atoms with Gasteiger partial charge >= 0.3 is 0 Å². The predicted octanol–water partition coefficient (Wildman–Crippen LogP) is 3.06. The number of alkyl halides is 2. The van der Waals surface area contributed by atoms with E-state index in [0.29, 0.717) is 0 Å². The van der Waals surface area contributed by atoms with Crippen LogP contribution in [0.4, 0.5) is 14.5 Å². The summed E-state index contributed by atoms with van der Waals surface area (Å²) in [6.45, 7) is 4.07. The Bertz CT molecular complexity index is 607. The number of halogens is 2. The first-order valence-corrected chi connectivity index (χ1v) is 6.73. The van der Waals surface area contributed by atoms with Crippen molar-refractivity contribution in [2.75, 3.05) is 12.4 Å². The number of aryl methyl sites for hydroxylation is 2. The first kappa shape index (κ1) is 17.7. The van der Waals surface area contributed by atoms with Crippen LogP contribution >= 0.6 is 0 Å². The number of nitrogens with zero attached hydrogens (tertiary/aromatic N) is 3. The van der Waals surface area contributed by atoms with Crippen molar-refractivity contribution < 1.29 is 13.6 Å². The largest absolute Gasteiger partial charge is 0.388 e. The third-order valence-electron chi connectivity index (χ3n) is 3.03. The predicted molar refractivity (Wildman–Crippen MR) is 82.0 cm³/mol. The lowest BCUT2D eigenvalue weighted by molar-refractivity contribution is -0.0979. The standard InChI is InChI=1S/C11H14N4.C3H4F2.CH2O/c1-8-4-5-9(12-2)6-10(8)11-7-13-15(3)14-11;4-3(5)1-2-3;1-2/h4-7,12H,1-3H3;1-2H2;1H2. The van der Waals surface area contributed by atoms with Crippen LogP contribution in [0.25, 0.3) is 11.3 Å². The SMILES string of the molecule is C=O.CNc1ccc(C)c(-c2cnn(C)n2)c1.FC1(F)CC1. The van der Waals surface area contributed by atoms with Gasteiger partial charge in [-0.3, -0.25) is 0 Å². The number of rotatable bonds is 2. The molecule has 0 atom stereocenters. The zero-order chi connectivity index (χ0) is 16.8. The van der Waals surface area contributed by atoms with Crippen molar-refractivity contribution in [3.8, 4) is 11.3 Å². The van der Waals surface area contributed by atoms with E-state index in [1.807, 2.05) is 20.9 Å². The van der Waals surface area contributed by atoms with E-state index in [4.69, 9.17) is 4.79 Å². The van der Waals surface area contributed by atoms with Crippen molar-refractivity contribution >= 4 is 12.5 Å². The molecule has 0 saturated heterocycles. The Morgan fingerprint density at radius 2 is 1.91 bits per heavy atom. The number of carbonyl (C=O) groups is 1. The van der Waals surface area contributed by atoms with E-state index >= 15 is 0 Å². The molecule has 22 heavy (non-hydrogen) atoms. The van der Waals surface area contributed by atoms with Crippen LogP contribution in [-0.2, 0) is 11.8 Å². The van der Waals surface area contributed by atoms with Gasteiger partial charge in [0, 0.05) is 38.2 Å². The van der Waals surface area contributed by atoms with E-state index in [1.54, 1.807) is 11.0 Å². The van der Waals surface area contributed by atoms with Crippen molar-refractivity contribution in [2.24, 2.45) is 7.05 Å². The number of benzene rings is 1. The monoisotopic (exact) mass is 310 g/mol. The molecule has 0 bridgehead atoms. The molecule has 1 heterocycles. The molecule has 0 aliphatic heterocycles. The summed E-state index contributed by atoms with van der Waals surface area (Å²) in [5.74, 6) is -2.25. The average molecular weight is 310 g/mol. The van der Waals surface area contributed by atoms with Gasteiger partial charge < -0.3 is 10.1 Å². The lowest BCUT2D eigenvalue weighted by Gasteiger charge is -2.05. The van der Waals surface area contributed by atoms with Gasteiger partial charge in [0.2, 0.25) is 5.92 Å². The minimum absolute atomic E-state index is 0.118. The highest BCUT2D eigenvalue weighted by atomic mass is 19.3. The molecule has 1 saturated carbocycles. The summed E-state index contributed by atoms with van der Waals surface area (Å²) in [5, 5.41) is 11.5. The topological polar surface area (TPSA) is 59.8 Å². The van der Waals surface area contributed by atoms with Crippen LogP contribution in [0.1, 0.15) is 18.4 Å². The molecule has 1 aromatic heterocycles. The molecule has 120 valence electrons. The molecule has 0 unspecified atom stereocenters. The number of aromatic nitrogens is 3. The molecule has 1 fully saturated rings. The highest BCUT2D eigenvalue weighted by Gasteiger charge is 2.43. The van der Waals surface area contributed by atoms with Gasteiger partial charge in [-0.2, -0.15) is 15.0 Å². The normalized spacial score (nSPS) is 14.0. The first-order valence-electron chi connectivity index (χ1n) is 6.73. The molecule has 1 aliphatic carbocycles. The number of anilines is 1. The maximum absolute atomic E-state index is 11.1. The zero-order valence-corrected chi connectivity index (χ0v) is 12.9. The summed E-state index contributed by atoms with van der Waals surface area (Å²) in [5.41, 5.74) is 4.32. The van der Waals surface area contributed by atoms with Gasteiger partial charge in [-0.25, -0.2) is 8.78 Å². The van der Waals surface area contributed by atoms with E-state index in [2.05, 4.69) is 40.6 Å². The molecule has 1 aliphatic rings. The van der Waals surface area contributed by atoms with E-state index in [1.165, 1.54) is 5.56 Å². The Kier molecular flexibility index (Phi) is 6.15. The molecule has 0 amide bonds. The van der Waals surface area contributed by atoms with Crippen LogP contribution in [0.3, 0.4) is 0 Å². The second kappa shape index (κ2) is 7.63. The maximum atomic E-state index is 11.1. The van der Waals surface area contributed by atoms with Crippen LogP contribution in [0, 0.1) is 6.92 Å². The fourth-order valence-corrected chi connectivity index (χ4v) is 1.62. The minimum atomic E-state index is -2.25. The molecule has 5 nitrogen and oxygen atoms in total. The van der Waals surface area contributed by atoms with Gasteiger partial charge in [-0.15, -0.1) is 0 Å². The Labute approximate surface area is 128 Å². The summed E-state index contributed by atoms with van der Waals surface area (Å²) in [4.78, 5) is 9.57. The third kappa shape index (κ3) is 5.23. The average Bonchev–Trinajstić information content (AvgIpc) is 3.03. The second-order valence-electron chi connectivity index (χ2n) is 4.85. The quantitative estimate of drug-likeness (QED) is 0.926. The summed E-state index contributed by atoms with van der Waals surface area (Å²) in [6.07, 6.45) is 2.02.